The first-order valence-corrected chi connectivity index (χ1v) is 22.8. The van der Waals surface area contributed by atoms with Crippen molar-refractivity contribution in [3.05, 3.63) is 142 Å². The van der Waals surface area contributed by atoms with Crippen LogP contribution >= 0.6 is 0 Å². The predicted octanol–water partition coefficient (Wildman–Crippen LogP) is 6.23. The Morgan fingerprint density at radius 3 is 0.754 bits per heavy atom. The molecule has 0 saturated heterocycles. The van der Waals surface area contributed by atoms with Crippen molar-refractivity contribution in [2.24, 2.45) is 0 Å². The van der Waals surface area contributed by atoms with Gasteiger partial charge in [0.15, 0.2) is 0 Å². The van der Waals surface area contributed by atoms with Crippen molar-refractivity contribution >= 4 is 129 Å². The van der Waals surface area contributed by atoms with E-state index in [0.717, 1.165) is 22.3 Å². The van der Waals surface area contributed by atoms with Gasteiger partial charge in [0, 0.05) is 87.1 Å². The smallest absolute Gasteiger partial charge is 0.217 e. The molecule has 0 radical (unpaired) electrons. The van der Waals surface area contributed by atoms with Gasteiger partial charge in [-0.25, -0.2) is 9.97 Å². The number of nitrogens with one attached hydrogen (secondary N) is 2. The molecular formula is C44H30FeN4O8S4. The normalized spacial score (nSPS) is 16.5. The van der Waals surface area contributed by atoms with Gasteiger partial charge in [0.2, 0.25) is 41.2 Å². The Labute approximate surface area is 365 Å². The third-order valence-corrected chi connectivity index (χ3v) is 13.6. The Morgan fingerprint density at radius 1 is 0.344 bits per heavy atom. The van der Waals surface area contributed by atoms with Crippen LogP contribution in [-0.4, -0.2) is 73.1 Å². The van der Waals surface area contributed by atoms with E-state index in [1.54, 1.807) is 48.6 Å². The topological polar surface area (TPSA) is 194 Å². The molecule has 6 aliphatic rings. The minimum atomic E-state index is -2.39. The van der Waals surface area contributed by atoms with Gasteiger partial charge in [0.1, 0.15) is 0 Å². The van der Waals surface area contributed by atoms with Gasteiger partial charge in [0.05, 0.1) is 42.2 Å². The summed E-state index contributed by atoms with van der Waals surface area (Å²) < 4.78 is 94.9. The van der Waals surface area contributed by atoms with E-state index >= 15 is 0 Å². The van der Waals surface area contributed by atoms with Gasteiger partial charge in [-0.2, -0.15) is 33.7 Å². The molecule has 4 aliphatic carbocycles. The largest absolute Gasteiger partial charge is 0.354 e. The molecule has 9 rings (SSSR count). The molecule has 0 unspecified atom stereocenters. The second-order valence-corrected chi connectivity index (χ2v) is 18.1. The van der Waals surface area contributed by atoms with Crippen LogP contribution in [0.15, 0.2) is 97.2 Å². The summed E-state index contributed by atoms with van der Waals surface area (Å²) in [5, 5.41) is 0. The van der Waals surface area contributed by atoms with Crippen LogP contribution in [0.1, 0.15) is 70.7 Å². The van der Waals surface area contributed by atoms with Gasteiger partial charge in [-0.15, -0.1) is 0 Å². The standard InChI is InChI=1S/C44H30N4O8S4.Fe/c49-57(50)29-9-1-25(2-10-29)41-33-17-19-35(45-33)42(26-3-11-30(12-4-26)58(51)52)37-21-23-39(47-37)44(28-7-15-32(16-8-28)60(55)56)40-24-22-38(48-40)43(36-20-18-34(41)46-36)27-5-13-31(14-6-27)59(53)54;/h1-9,11,13,15,17-24,45,48H,10,12,14,16H2;. The molecular weight excluding hydrogens is 897 g/mol. The first-order valence-electron chi connectivity index (χ1n) is 18.5. The number of aromatic amines is 2. The Bertz CT molecular complexity index is 3150. The Balaban J connectivity index is 0.00000514. The predicted molar refractivity (Wildman–Crippen MR) is 242 cm³/mol. The maximum atomic E-state index is 11.9. The zero-order valence-electron chi connectivity index (χ0n) is 31.5. The summed E-state index contributed by atoms with van der Waals surface area (Å²) in [5.74, 6) is 0. The Morgan fingerprint density at radius 2 is 0.574 bits per heavy atom. The SMILES string of the molecule is O=S(=O)=C1C=CC(c2c3nc(c(C4=CCC(=S(=O)=O)C=C4)c4ccc([nH]4)c(C4=CCC(=S(=O)=O)C=C4)c4nc(c(C5=CCC(=S(=O)=O)C=C5)c5ccc2[nH]5)C=C4)C=C3)=CC1.[Fe]. The van der Waals surface area contributed by atoms with E-state index in [9.17, 15) is 33.7 Å². The number of allylic oxidation sites excluding steroid dienone is 16. The van der Waals surface area contributed by atoms with Gasteiger partial charge in [-0.1, -0.05) is 48.6 Å². The molecule has 0 amide bonds. The van der Waals surface area contributed by atoms with E-state index in [4.69, 9.17) is 9.97 Å². The fourth-order valence-electron chi connectivity index (χ4n) is 7.77. The first-order chi connectivity index (χ1) is 29.0. The minimum absolute atomic E-state index is 0. The molecule has 0 fully saturated rings. The fraction of sp³-hybridized carbons (Fsp3) is 0.0909. The van der Waals surface area contributed by atoms with Crippen LogP contribution < -0.4 is 0 Å². The zero-order chi connectivity index (χ0) is 41.7. The van der Waals surface area contributed by atoms with Crippen molar-refractivity contribution in [2.45, 2.75) is 25.7 Å². The van der Waals surface area contributed by atoms with E-state index in [1.165, 1.54) is 0 Å². The van der Waals surface area contributed by atoms with Crippen molar-refractivity contribution in [3.8, 4) is 0 Å². The van der Waals surface area contributed by atoms with Crippen LogP contribution in [-0.2, 0) is 58.2 Å². The van der Waals surface area contributed by atoms with Crippen molar-refractivity contribution in [3.63, 3.8) is 0 Å². The van der Waals surface area contributed by atoms with E-state index in [-0.39, 0.29) is 62.2 Å². The molecule has 8 bridgehead atoms. The molecule has 17 heteroatoms. The quantitative estimate of drug-likeness (QED) is 0.154. The number of rotatable bonds is 4. The van der Waals surface area contributed by atoms with Crippen LogP contribution in [0.4, 0.5) is 0 Å². The number of hydrogen-bond donors (Lipinski definition) is 2. The fourth-order valence-corrected chi connectivity index (χ4v) is 9.37. The minimum Gasteiger partial charge on any atom is -0.354 e. The summed E-state index contributed by atoms with van der Waals surface area (Å²) in [4.78, 5) is 18.5. The molecule has 2 aliphatic heterocycles. The Hall–Kier alpha value is -6.20. The van der Waals surface area contributed by atoms with Gasteiger partial charge in [0.25, 0.3) is 0 Å². The summed E-state index contributed by atoms with van der Waals surface area (Å²) >= 11 is 0. The number of aromatic nitrogens is 4. The average Bonchev–Trinajstić information content (AvgIpc) is 4.10. The zero-order valence-corrected chi connectivity index (χ0v) is 35.9. The molecule has 5 heterocycles. The number of H-pyrrole nitrogens is 2. The summed E-state index contributed by atoms with van der Waals surface area (Å²) in [6.45, 7) is 0. The van der Waals surface area contributed by atoms with E-state index in [0.29, 0.717) is 67.1 Å². The van der Waals surface area contributed by atoms with Gasteiger partial charge >= 0.3 is 0 Å². The third kappa shape index (κ3) is 8.06. The monoisotopic (exact) mass is 926 g/mol. The van der Waals surface area contributed by atoms with Crippen molar-refractivity contribution in [1.29, 1.82) is 0 Å². The molecule has 3 aromatic rings. The van der Waals surface area contributed by atoms with Crippen molar-refractivity contribution < 1.29 is 50.7 Å². The summed E-state index contributed by atoms with van der Waals surface area (Å²) in [7, 11) is -9.54. The first kappa shape index (κ1) is 41.5. The number of hydrogen-bond acceptors (Lipinski definition) is 10. The average molecular weight is 927 g/mol. The summed E-state index contributed by atoms with van der Waals surface area (Å²) in [5.41, 5.74) is 10.8. The van der Waals surface area contributed by atoms with Crippen molar-refractivity contribution in [1.82, 2.24) is 19.9 Å². The molecule has 12 nitrogen and oxygen atoms in total. The molecule has 3 aromatic heterocycles. The van der Waals surface area contributed by atoms with Crippen molar-refractivity contribution in [2.75, 3.05) is 0 Å². The summed E-state index contributed by atoms with van der Waals surface area (Å²) in [6.07, 6.45) is 28.9. The van der Waals surface area contributed by atoms with Crippen LogP contribution in [0.25, 0.3) is 68.7 Å². The van der Waals surface area contributed by atoms with Gasteiger partial charge in [-0.05, 0) is 95.2 Å². The molecule has 0 atom stereocenters. The molecule has 306 valence electrons. The third-order valence-electron chi connectivity index (χ3n) is 10.7. The number of fused-ring (bicyclic) bond motifs is 8. The molecule has 0 saturated carbocycles. The maximum Gasteiger partial charge on any atom is 0.217 e. The van der Waals surface area contributed by atoms with Crippen LogP contribution in [0.2, 0.25) is 0 Å². The maximum absolute atomic E-state index is 11.9. The van der Waals surface area contributed by atoms with E-state index < -0.39 is 41.2 Å². The van der Waals surface area contributed by atoms with Gasteiger partial charge < -0.3 is 9.97 Å². The van der Waals surface area contributed by atoms with E-state index in [2.05, 4.69) is 9.97 Å². The van der Waals surface area contributed by atoms with Crippen LogP contribution in [0.3, 0.4) is 0 Å². The summed E-state index contributed by atoms with van der Waals surface area (Å²) in [6, 6.07) is 7.65. The molecule has 2 N–H and O–H groups in total. The second-order valence-electron chi connectivity index (χ2n) is 14.1. The molecule has 61 heavy (non-hydrogen) atoms. The van der Waals surface area contributed by atoms with Crippen LogP contribution in [0, 0.1) is 0 Å². The van der Waals surface area contributed by atoms with Crippen LogP contribution in [0.5, 0.6) is 0 Å². The molecule has 0 spiro atoms. The number of nitrogens with zero attached hydrogens (tertiary/aromatic N) is 2. The molecule has 0 aromatic carbocycles. The second kappa shape index (κ2) is 17.0. The van der Waals surface area contributed by atoms with Gasteiger partial charge in [-0.3, -0.25) is 0 Å². The Kier molecular flexibility index (Phi) is 11.6. The van der Waals surface area contributed by atoms with E-state index in [1.807, 2.05) is 72.9 Å².